The van der Waals surface area contributed by atoms with E-state index in [0.717, 1.165) is 38.6 Å². The van der Waals surface area contributed by atoms with Crippen LogP contribution in [-0.4, -0.2) is 34.4 Å². The second-order valence-electron chi connectivity index (χ2n) is 8.54. The molecule has 0 bridgehead atoms. The fraction of sp³-hybridized carbons (Fsp3) is 1.00. The summed E-state index contributed by atoms with van der Waals surface area (Å²) in [7, 11) is 0. The van der Waals surface area contributed by atoms with Crippen molar-refractivity contribution in [2.45, 2.75) is 148 Å². The van der Waals surface area contributed by atoms with E-state index < -0.39 is 6.29 Å². The first-order valence-electron chi connectivity index (χ1n) is 12.4. The summed E-state index contributed by atoms with van der Waals surface area (Å²) in [6.07, 6.45) is 23.0. The first kappa shape index (κ1) is 27.8. The van der Waals surface area contributed by atoms with Crippen LogP contribution in [0.1, 0.15) is 135 Å². The minimum absolute atomic E-state index is 0.299. The number of aliphatic hydroxyl groups excluding tert-OH is 2. The molecule has 0 heterocycles. The molecule has 0 rings (SSSR count). The van der Waals surface area contributed by atoms with Gasteiger partial charge in [0.2, 0.25) is 0 Å². The van der Waals surface area contributed by atoms with E-state index in [9.17, 15) is 5.11 Å². The van der Waals surface area contributed by atoms with Gasteiger partial charge in [-0.2, -0.15) is 0 Å². The third-order valence-corrected chi connectivity index (χ3v) is 5.60. The Kier molecular flexibility index (Phi) is 23.0. The van der Waals surface area contributed by atoms with E-state index in [1.165, 1.54) is 89.9 Å². The molecule has 0 spiro atoms. The van der Waals surface area contributed by atoms with Crippen molar-refractivity contribution >= 4 is 0 Å². The van der Waals surface area contributed by atoms with Gasteiger partial charge in [0.15, 0.2) is 6.29 Å². The third-order valence-electron chi connectivity index (χ3n) is 5.60. The summed E-state index contributed by atoms with van der Waals surface area (Å²) in [4.78, 5) is 0. The van der Waals surface area contributed by atoms with E-state index in [4.69, 9.17) is 10.2 Å². The predicted octanol–water partition coefficient (Wildman–Crippen LogP) is 6.03. The number of hydrogen-bond donors (Lipinski definition) is 4. The van der Waals surface area contributed by atoms with Crippen molar-refractivity contribution in [1.29, 1.82) is 0 Å². The monoisotopic (exact) mass is 401 g/mol. The molecule has 1 unspecified atom stereocenters. The molecule has 0 aromatic heterocycles. The lowest BCUT2D eigenvalue weighted by atomic mass is 10.0. The molecule has 0 aromatic carbocycles. The molecule has 0 aliphatic carbocycles. The fourth-order valence-corrected chi connectivity index (χ4v) is 3.69. The van der Waals surface area contributed by atoms with Gasteiger partial charge in [-0.05, 0) is 38.6 Å². The molecule has 0 aliphatic heterocycles. The standard InChI is InChI=1S/C24H51NO3/c1-2-3-22-25-23(26)20-18-16-14-12-10-8-6-4-5-7-9-11-13-15-17-19-21-24(27)28/h23-28H,2-22H2,1H3. The van der Waals surface area contributed by atoms with Gasteiger partial charge in [0, 0.05) is 0 Å². The van der Waals surface area contributed by atoms with Gasteiger partial charge in [0.1, 0.15) is 6.23 Å². The molecule has 0 aromatic rings. The summed E-state index contributed by atoms with van der Waals surface area (Å²) in [5.41, 5.74) is 0. The lowest BCUT2D eigenvalue weighted by Crippen LogP contribution is -2.29. The Morgan fingerprint density at radius 3 is 1.21 bits per heavy atom. The highest BCUT2D eigenvalue weighted by molar-refractivity contribution is 4.55. The molecule has 0 fully saturated rings. The molecule has 4 heteroatoms. The predicted molar refractivity (Wildman–Crippen MR) is 120 cm³/mol. The molecule has 0 radical (unpaired) electrons. The number of rotatable bonds is 23. The average molecular weight is 402 g/mol. The Balaban J connectivity index is 3.06. The molecule has 0 saturated carbocycles. The summed E-state index contributed by atoms with van der Waals surface area (Å²) >= 11 is 0. The zero-order valence-electron chi connectivity index (χ0n) is 18.8. The van der Waals surface area contributed by atoms with Crippen LogP contribution in [0.25, 0.3) is 0 Å². The molecule has 0 saturated heterocycles. The van der Waals surface area contributed by atoms with Crippen molar-refractivity contribution < 1.29 is 15.3 Å². The quantitative estimate of drug-likeness (QED) is 0.125. The minimum atomic E-state index is -1.11. The van der Waals surface area contributed by atoms with Gasteiger partial charge in [-0.1, -0.05) is 103 Å². The zero-order chi connectivity index (χ0) is 20.7. The van der Waals surface area contributed by atoms with Crippen molar-refractivity contribution in [2.75, 3.05) is 6.54 Å². The SMILES string of the molecule is CCCCNC(O)CCCCCCCCCCCCCCCCCCC(O)O. The summed E-state index contributed by atoms with van der Waals surface area (Å²) in [5.74, 6) is 0. The normalized spacial score (nSPS) is 12.8. The van der Waals surface area contributed by atoms with Crippen LogP contribution >= 0.6 is 0 Å². The number of aliphatic hydroxyl groups is 3. The van der Waals surface area contributed by atoms with Crippen molar-refractivity contribution in [2.24, 2.45) is 0 Å². The average Bonchev–Trinajstić information content (AvgIpc) is 2.67. The first-order valence-corrected chi connectivity index (χ1v) is 12.4. The van der Waals surface area contributed by atoms with Gasteiger partial charge in [-0.15, -0.1) is 0 Å². The highest BCUT2D eigenvalue weighted by Gasteiger charge is 2.02. The Labute approximate surface area is 175 Å². The van der Waals surface area contributed by atoms with Gasteiger partial charge in [-0.3, -0.25) is 5.32 Å². The maximum absolute atomic E-state index is 9.79. The van der Waals surface area contributed by atoms with Crippen LogP contribution in [0.5, 0.6) is 0 Å². The minimum Gasteiger partial charge on any atom is -0.379 e. The van der Waals surface area contributed by atoms with E-state index >= 15 is 0 Å². The van der Waals surface area contributed by atoms with Gasteiger partial charge in [-0.25, -0.2) is 0 Å². The van der Waals surface area contributed by atoms with Gasteiger partial charge < -0.3 is 15.3 Å². The molecular weight excluding hydrogens is 350 g/mol. The third kappa shape index (κ3) is 23.9. The lowest BCUT2D eigenvalue weighted by Gasteiger charge is -2.12. The maximum atomic E-state index is 9.79. The summed E-state index contributed by atoms with van der Waals surface area (Å²) in [5, 5.41) is 30.5. The van der Waals surface area contributed by atoms with E-state index in [-0.39, 0.29) is 6.23 Å². The highest BCUT2D eigenvalue weighted by Crippen LogP contribution is 2.14. The second-order valence-corrected chi connectivity index (χ2v) is 8.54. The second kappa shape index (κ2) is 23.1. The van der Waals surface area contributed by atoms with E-state index in [1.54, 1.807) is 0 Å². The van der Waals surface area contributed by atoms with Crippen molar-refractivity contribution in [3.05, 3.63) is 0 Å². The Morgan fingerprint density at radius 2 is 0.857 bits per heavy atom. The summed E-state index contributed by atoms with van der Waals surface area (Å²) in [6.45, 7) is 3.11. The van der Waals surface area contributed by atoms with Crippen LogP contribution < -0.4 is 5.32 Å². The molecule has 1 atom stereocenters. The molecular formula is C24H51NO3. The van der Waals surface area contributed by atoms with Crippen LogP contribution in [0.3, 0.4) is 0 Å². The Bertz CT molecular complexity index is 287. The van der Waals surface area contributed by atoms with Crippen LogP contribution in [0.15, 0.2) is 0 Å². The molecule has 4 N–H and O–H groups in total. The van der Waals surface area contributed by atoms with E-state index in [1.807, 2.05) is 0 Å². The van der Waals surface area contributed by atoms with E-state index in [2.05, 4.69) is 12.2 Å². The topological polar surface area (TPSA) is 72.7 Å². The number of unbranched alkanes of at least 4 members (excludes halogenated alkanes) is 16. The van der Waals surface area contributed by atoms with Gasteiger partial charge in [0.05, 0.1) is 0 Å². The molecule has 170 valence electrons. The maximum Gasteiger partial charge on any atom is 0.151 e. The summed E-state index contributed by atoms with van der Waals surface area (Å²) < 4.78 is 0. The Hall–Kier alpha value is -0.160. The first-order chi connectivity index (χ1) is 13.7. The fourth-order valence-electron chi connectivity index (χ4n) is 3.69. The zero-order valence-corrected chi connectivity index (χ0v) is 18.8. The van der Waals surface area contributed by atoms with Gasteiger partial charge >= 0.3 is 0 Å². The molecule has 4 nitrogen and oxygen atoms in total. The lowest BCUT2D eigenvalue weighted by molar-refractivity contribution is -0.0466. The van der Waals surface area contributed by atoms with Crippen LogP contribution in [0.4, 0.5) is 0 Å². The molecule has 0 aliphatic rings. The van der Waals surface area contributed by atoms with Crippen molar-refractivity contribution in [1.82, 2.24) is 5.32 Å². The number of hydrogen-bond acceptors (Lipinski definition) is 4. The molecule has 0 amide bonds. The van der Waals surface area contributed by atoms with Gasteiger partial charge in [0.25, 0.3) is 0 Å². The van der Waals surface area contributed by atoms with Crippen molar-refractivity contribution in [3.8, 4) is 0 Å². The highest BCUT2D eigenvalue weighted by atomic mass is 16.5. The molecule has 28 heavy (non-hydrogen) atoms. The smallest absolute Gasteiger partial charge is 0.151 e. The van der Waals surface area contributed by atoms with E-state index in [0.29, 0.717) is 6.42 Å². The summed E-state index contributed by atoms with van der Waals surface area (Å²) in [6, 6.07) is 0. The van der Waals surface area contributed by atoms with Crippen LogP contribution in [0.2, 0.25) is 0 Å². The van der Waals surface area contributed by atoms with Crippen LogP contribution in [-0.2, 0) is 0 Å². The number of nitrogens with one attached hydrogen (secondary N) is 1. The van der Waals surface area contributed by atoms with Crippen LogP contribution in [0, 0.1) is 0 Å². The van der Waals surface area contributed by atoms with Crippen molar-refractivity contribution in [3.63, 3.8) is 0 Å². The Morgan fingerprint density at radius 1 is 0.500 bits per heavy atom. The largest absolute Gasteiger partial charge is 0.379 e.